The Morgan fingerprint density at radius 2 is 2.21 bits per heavy atom. The summed E-state index contributed by atoms with van der Waals surface area (Å²) < 4.78 is 12.1. The fraction of sp³-hybridized carbons (Fsp3) is 0.652. The molecule has 2 bridgehead atoms. The van der Waals surface area contributed by atoms with E-state index in [0.717, 1.165) is 45.1 Å². The quantitative estimate of drug-likeness (QED) is 0.443. The largest absolute Gasteiger partial charge is 0.477 e. The molecular formula is C23H29NO4. The molecule has 0 radical (unpaired) electrons. The molecule has 28 heavy (non-hydrogen) atoms. The number of nitrogens with zero attached hydrogens (tertiary/aromatic N) is 1. The highest BCUT2D eigenvalue weighted by Gasteiger charge is 2.65. The highest BCUT2D eigenvalue weighted by molar-refractivity contribution is 5.89. The Morgan fingerprint density at radius 3 is 3.04 bits per heavy atom. The average molecular weight is 383 g/mol. The van der Waals surface area contributed by atoms with Crippen molar-refractivity contribution < 1.29 is 19.1 Å². The van der Waals surface area contributed by atoms with Crippen LogP contribution in [0.3, 0.4) is 0 Å². The second-order valence-corrected chi connectivity index (χ2v) is 9.01. The van der Waals surface area contributed by atoms with Crippen LogP contribution >= 0.6 is 0 Å². The summed E-state index contributed by atoms with van der Waals surface area (Å²) >= 11 is 0. The molecule has 1 unspecified atom stereocenters. The molecule has 150 valence electrons. The fourth-order valence-corrected chi connectivity index (χ4v) is 6.28. The Kier molecular flexibility index (Phi) is 4.27. The molecule has 1 aromatic carbocycles. The third-order valence-electron chi connectivity index (χ3n) is 7.58. The predicted molar refractivity (Wildman–Crippen MR) is 105 cm³/mol. The molecule has 1 saturated heterocycles. The van der Waals surface area contributed by atoms with Gasteiger partial charge in [0.25, 0.3) is 0 Å². The number of likely N-dealkylation sites (tertiary alicyclic amines) is 1. The van der Waals surface area contributed by atoms with Gasteiger partial charge in [-0.2, -0.15) is 0 Å². The Morgan fingerprint density at radius 1 is 1.36 bits per heavy atom. The fourth-order valence-electron chi connectivity index (χ4n) is 6.28. The molecule has 0 aromatic heterocycles. The van der Waals surface area contributed by atoms with Crippen molar-refractivity contribution in [1.29, 1.82) is 0 Å². The highest BCUT2D eigenvalue weighted by Crippen LogP contribution is 2.63. The van der Waals surface area contributed by atoms with Gasteiger partial charge in [-0.25, -0.2) is 0 Å². The summed E-state index contributed by atoms with van der Waals surface area (Å²) in [5.41, 5.74) is 2.23. The summed E-state index contributed by atoms with van der Waals surface area (Å²) in [6.07, 6.45) is 6.42. The minimum atomic E-state index is -0.406. The van der Waals surface area contributed by atoms with Crippen LogP contribution in [0, 0.1) is 5.92 Å². The zero-order chi connectivity index (χ0) is 19.5. The van der Waals surface area contributed by atoms with Crippen molar-refractivity contribution in [2.24, 2.45) is 5.92 Å². The second-order valence-electron chi connectivity index (χ2n) is 9.01. The minimum absolute atomic E-state index is 0.208. The van der Waals surface area contributed by atoms with Gasteiger partial charge in [-0.1, -0.05) is 25.8 Å². The maximum absolute atomic E-state index is 12.9. The van der Waals surface area contributed by atoms with E-state index >= 15 is 0 Å². The zero-order valence-corrected chi connectivity index (χ0v) is 16.8. The van der Waals surface area contributed by atoms with Gasteiger partial charge < -0.3 is 14.4 Å². The van der Waals surface area contributed by atoms with Crippen molar-refractivity contribution in [2.45, 2.75) is 75.9 Å². The Bertz CT molecular complexity index is 834. The Labute approximate surface area is 166 Å². The van der Waals surface area contributed by atoms with E-state index in [1.807, 2.05) is 6.07 Å². The van der Waals surface area contributed by atoms with Crippen molar-refractivity contribution in [3.63, 3.8) is 0 Å². The molecule has 5 heteroatoms. The predicted octanol–water partition coefficient (Wildman–Crippen LogP) is 3.41. The van der Waals surface area contributed by atoms with E-state index in [-0.39, 0.29) is 17.2 Å². The van der Waals surface area contributed by atoms with Crippen molar-refractivity contribution in [3.8, 4) is 11.5 Å². The Hall–Kier alpha value is -1.88. The molecule has 5 rings (SSSR count). The van der Waals surface area contributed by atoms with Gasteiger partial charge in [0.2, 0.25) is 0 Å². The molecule has 1 saturated carbocycles. The molecule has 2 aliphatic heterocycles. The summed E-state index contributed by atoms with van der Waals surface area (Å²) in [5, 5.41) is 0. The monoisotopic (exact) mass is 383 g/mol. The first kappa shape index (κ1) is 18.2. The van der Waals surface area contributed by atoms with E-state index in [4.69, 9.17) is 9.47 Å². The van der Waals surface area contributed by atoms with Gasteiger partial charge in [0.1, 0.15) is 0 Å². The lowest BCUT2D eigenvalue weighted by Crippen LogP contribution is -2.65. The molecule has 0 N–H and O–H groups in total. The summed E-state index contributed by atoms with van der Waals surface area (Å²) in [7, 11) is 2.21. The minimum Gasteiger partial charge on any atom is -0.477 e. The van der Waals surface area contributed by atoms with Gasteiger partial charge in [-0.05, 0) is 56.8 Å². The average Bonchev–Trinajstić information content (AvgIpc) is 3.03. The molecule has 5 nitrogen and oxygen atoms in total. The zero-order valence-electron chi connectivity index (χ0n) is 16.8. The number of unbranched alkanes of at least 4 members (excludes halogenated alkanes) is 2. The molecule has 2 aliphatic carbocycles. The first-order chi connectivity index (χ1) is 13.6. The topological polar surface area (TPSA) is 55.8 Å². The third-order valence-corrected chi connectivity index (χ3v) is 7.58. The van der Waals surface area contributed by atoms with E-state index in [2.05, 4.69) is 24.9 Å². The lowest BCUT2D eigenvalue weighted by molar-refractivity contribution is -0.138. The number of rotatable bonds is 5. The molecule has 1 spiro atoms. The molecule has 0 amide bonds. The van der Waals surface area contributed by atoms with Crippen molar-refractivity contribution >= 4 is 11.8 Å². The highest BCUT2D eigenvalue weighted by atomic mass is 16.6. The van der Waals surface area contributed by atoms with E-state index in [1.165, 1.54) is 11.1 Å². The normalized spacial score (nSPS) is 32.6. The number of ketones is 1. The van der Waals surface area contributed by atoms with Crippen LogP contribution in [-0.4, -0.2) is 42.4 Å². The van der Waals surface area contributed by atoms with Crippen molar-refractivity contribution in [1.82, 2.24) is 4.90 Å². The van der Waals surface area contributed by atoms with Gasteiger partial charge in [-0.15, -0.1) is 0 Å². The van der Waals surface area contributed by atoms with Gasteiger partial charge in [0.15, 0.2) is 23.4 Å². The van der Waals surface area contributed by atoms with Crippen LogP contribution in [0.2, 0.25) is 0 Å². The van der Waals surface area contributed by atoms with Crippen LogP contribution in [0.4, 0.5) is 0 Å². The number of hydrogen-bond donors (Lipinski definition) is 0. The van der Waals surface area contributed by atoms with Gasteiger partial charge >= 0.3 is 5.97 Å². The summed E-state index contributed by atoms with van der Waals surface area (Å²) in [4.78, 5) is 27.7. The van der Waals surface area contributed by atoms with Crippen molar-refractivity contribution in [2.75, 3.05) is 13.6 Å². The van der Waals surface area contributed by atoms with E-state index in [9.17, 15) is 9.59 Å². The van der Waals surface area contributed by atoms with Gasteiger partial charge in [-0.3, -0.25) is 9.59 Å². The molecule has 2 heterocycles. The number of hydrogen-bond acceptors (Lipinski definition) is 5. The molecule has 4 aliphatic rings. The number of Topliss-reactive ketones (excluding diaryl/α,β-unsaturated/α-hetero) is 1. The SMILES string of the molecule is CCCCCC(=O)Oc1ccc2c3c1O[C@H]1C(=O)CCC4[C@@H](C2)N(C)CC[C@@]341. The van der Waals surface area contributed by atoms with Crippen LogP contribution in [0.25, 0.3) is 0 Å². The molecule has 1 aromatic rings. The second kappa shape index (κ2) is 6.58. The maximum atomic E-state index is 12.9. The summed E-state index contributed by atoms with van der Waals surface area (Å²) in [5.74, 6) is 1.63. The summed E-state index contributed by atoms with van der Waals surface area (Å²) in [6, 6.07) is 4.44. The van der Waals surface area contributed by atoms with Gasteiger partial charge in [0, 0.05) is 29.9 Å². The van der Waals surface area contributed by atoms with Crippen LogP contribution in [-0.2, 0) is 21.4 Å². The number of esters is 1. The number of carbonyl (C=O) groups excluding carboxylic acids is 2. The number of likely N-dealkylation sites (N-methyl/N-ethyl adjacent to an activating group) is 1. The number of carbonyl (C=O) groups is 2. The van der Waals surface area contributed by atoms with Crippen LogP contribution < -0.4 is 9.47 Å². The van der Waals surface area contributed by atoms with Crippen LogP contribution in [0.1, 0.15) is 63.0 Å². The lowest BCUT2D eigenvalue weighted by atomic mass is 9.52. The van der Waals surface area contributed by atoms with E-state index < -0.39 is 6.10 Å². The molecular weight excluding hydrogens is 354 g/mol. The number of benzene rings is 1. The van der Waals surface area contributed by atoms with Gasteiger partial charge in [0.05, 0.1) is 0 Å². The van der Waals surface area contributed by atoms with Crippen LogP contribution in [0.15, 0.2) is 12.1 Å². The van der Waals surface area contributed by atoms with E-state index in [1.54, 1.807) is 0 Å². The molecule has 2 fully saturated rings. The summed E-state index contributed by atoms with van der Waals surface area (Å²) in [6.45, 7) is 3.10. The maximum Gasteiger partial charge on any atom is 0.311 e. The standard InChI is InChI=1S/C23H29NO4/c1-3-4-5-6-19(26)27-18-10-7-14-13-16-15-8-9-17(25)22-23(15,11-12-24(16)2)20(14)21(18)28-22/h7,10,15-16,22H,3-6,8-9,11-13H2,1-2H3/t15?,16-,22+,23+/m1/s1. The first-order valence-corrected chi connectivity index (χ1v) is 10.8. The number of piperidine rings is 1. The molecule has 4 atom stereocenters. The smallest absolute Gasteiger partial charge is 0.311 e. The Balaban J connectivity index is 1.54. The third kappa shape index (κ3) is 2.41. The van der Waals surface area contributed by atoms with Crippen molar-refractivity contribution in [3.05, 3.63) is 23.3 Å². The first-order valence-electron chi connectivity index (χ1n) is 10.8. The number of ether oxygens (including phenoxy) is 2. The van der Waals surface area contributed by atoms with Crippen LogP contribution in [0.5, 0.6) is 11.5 Å². The lowest BCUT2D eigenvalue weighted by Gasteiger charge is -2.57. The van der Waals surface area contributed by atoms with E-state index in [0.29, 0.717) is 36.3 Å².